The van der Waals surface area contributed by atoms with Crippen molar-refractivity contribution in [2.75, 3.05) is 13.2 Å². The molecule has 0 amide bonds. The Morgan fingerprint density at radius 1 is 0.909 bits per heavy atom. The summed E-state index contributed by atoms with van der Waals surface area (Å²) in [5, 5.41) is 0. The molecule has 1 rings (SSSR count). The molecule has 1 heteroatoms. The summed E-state index contributed by atoms with van der Waals surface area (Å²) >= 11 is 0. The van der Waals surface area contributed by atoms with Crippen molar-refractivity contribution in [1.82, 2.24) is 0 Å². The lowest BCUT2D eigenvalue weighted by Crippen LogP contribution is -1.74. The van der Waals surface area contributed by atoms with Crippen LogP contribution in [0.5, 0.6) is 0 Å². The molecule has 0 radical (unpaired) electrons. The Balaban J connectivity index is 0.000000183. The fraction of sp³-hybridized carbons (Fsp3) is 1.00. The molecule has 0 spiro atoms. The molecule has 0 saturated carbocycles. The van der Waals surface area contributed by atoms with Gasteiger partial charge in [0.05, 0.1) is 0 Å². The maximum Gasteiger partial charge on any atom is 0.0466 e. The summed E-state index contributed by atoms with van der Waals surface area (Å²) in [4.78, 5) is 0. The van der Waals surface area contributed by atoms with E-state index in [2.05, 4.69) is 13.8 Å². The van der Waals surface area contributed by atoms with Gasteiger partial charge in [0.25, 0.3) is 0 Å². The van der Waals surface area contributed by atoms with E-state index in [1.165, 1.54) is 38.5 Å². The van der Waals surface area contributed by atoms with Gasteiger partial charge in [0.15, 0.2) is 0 Å². The standard InChI is InChI=1S/C6H14.C4H8O/c1-3-5-6-4-2;1-2-4-5-3-1/h3-6H2,1-2H3;1-4H2. The summed E-state index contributed by atoms with van der Waals surface area (Å²) in [6.07, 6.45) is 8.09. The van der Waals surface area contributed by atoms with Crippen molar-refractivity contribution in [3.8, 4) is 0 Å². The Morgan fingerprint density at radius 3 is 1.55 bits per heavy atom. The monoisotopic (exact) mass is 158 g/mol. The average molecular weight is 158 g/mol. The molecule has 1 nitrogen and oxygen atoms in total. The Hall–Kier alpha value is -0.0400. The third-order valence-electron chi connectivity index (χ3n) is 1.78. The van der Waals surface area contributed by atoms with Gasteiger partial charge < -0.3 is 4.74 Å². The normalized spacial score (nSPS) is 15.8. The molecule has 68 valence electrons. The first kappa shape index (κ1) is 11.0. The molecule has 1 aliphatic rings. The minimum absolute atomic E-state index is 1.00. The molecular weight excluding hydrogens is 136 g/mol. The molecule has 1 heterocycles. The molecule has 1 saturated heterocycles. The lowest BCUT2D eigenvalue weighted by Gasteiger charge is -1.86. The molecule has 0 N–H and O–H groups in total. The predicted octanol–water partition coefficient (Wildman–Crippen LogP) is 3.38. The van der Waals surface area contributed by atoms with Gasteiger partial charge in [-0.1, -0.05) is 39.5 Å². The van der Waals surface area contributed by atoms with Crippen LogP contribution in [0.25, 0.3) is 0 Å². The summed E-state index contributed by atoms with van der Waals surface area (Å²) in [6.45, 7) is 6.46. The zero-order valence-corrected chi connectivity index (χ0v) is 8.07. The molecule has 0 unspecified atom stereocenters. The van der Waals surface area contributed by atoms with Gasteiger partial charge in [0, 0.05) is 13.2 Å². The van der Waals surface area contributed by atoms with Gasteiger partial charge in [-0.3, -0.25) is 0 Å². The van der Waals surface area contributed by atoms with Crippen molar-refractivity contribution in [3.05, 3.63) is 0 Å². The highest BCUT2D eigenvalue weighted by atomic mass is 16.5. The van der Waals surface area contributed by atoms with Crippen LogP contribution in [-0.2, 0) is 4.74 Å². The van der Waals surface area contributed by atoms with E-state index in [-0.39, 0.29) is 0 Å². The van der Waals surface area contributed by atoms with Crippen molar-refractivity contribution in [1.29, 1.82) is 0 Å². The van der Waals surface area contributed by atoms with E-state index < -0.39 is 0 Å². The van der Waals surface area contributed by atoms with Crippen LogP contribution in [0.3, 0.4) is 0 Å². The van der Waals surface area contributed by atoms with Crippen molar-refractivity contribution >= 4 is 0 Å². The minimum atomic E-state index is 1.00. The zero-order valence-electron chi connectivity index (χ0n) is 8.07. The van der Waals surface area contributed by atoms with Gasteiger partial charge in [-0.25, -0.2) is 0 Å². The fourth-order valence-electron chi connectivity index (χ4n) is 1.01. The molecule has 0 atom stereocenters. The van der Waals surface area contributed by atoms with E-state index in [0.717, 1.165) is 13.2 Å². The van der Waals surface area contributed by atoms with E-state index in [1.54, 1.807) is 0 Å². The van der Waals surface area contributed by atoms with Crippen molar-refractivity contribution < 1.29 is 4.74 Å². The van der Waals surface area contributed by atoms with Gasteiger partial charge in [-0.2, -0.15) is 0 Å². The van der Waals surface area contributed by atoms with Gasteiger partial charge in [-0.05, 0) is 12.8 Å². The van der Waals surface area contributed by atoms with Gasteiger partial charge in [0.1, 0.15) is 0 Å². The van der Waals surface area contributed by atoms with Crippen LogP contribution >= 0.6 is 0 Å². The molecule has 11 heavy (non-hydrogen) atoms. The summed E-state index contributed by atoms with van der Waals surface area (Å²) in [6, 6.07) is 0. The van der Waals surface area contributed by atoms with Gasteiger partial charge >= 0.3 is 0 Å². The molecule has 0 bridgehead atoms. The third kappa shape index (κ3) is 9.96. The largest absolute Gasteiger partial charge is 0.381 e. The molecule has 0 aromatic carbocycles. The molecule has 0 aromatic rings. The smallest absolute Gasteiger partial charge is 0.0466 e. The van der Waals surface area contributed by atoms with Gasteiger partial charge in [-0.15, -0.1) is 0 Å². The van der Waals surface area contributed by atoms with Crippen LogP contribution in [0, 0.1) is 0 Å². The number of ether oxygens (including phenoxy) is 1. The Bertz CT molecular complexity index is 46.3. The lowest BCUT2D eigenvalue weighted by atomic mass is 10.2. The fourth-order valence-corrected chi connectivity index (χ4v) is 1.01. The van der Waals surface area contributed by atoms with E-state index >= 15 is 0 Å². The summed E-state index contributed by atoms with van der Waals surface area (Å²) in [5.41, 5.74) is 0. The Morgan fingerprint density at radius 2 is 1.36 bits per heavy atom. The number of hydrogen-bond donors (Lipinski definition) is 0. The highest BCUT2D eigenvalue weighted by Crippen LogP contribution is 1.98. The second kappa shape index (κ2) is 9.96. The maximum atomic E-state index is 4.94. The highest BCUT2D eigenvalue weighted by molar-refractivity contribution is 4.43. The second-order valence-electron chi connectivity index (χ2n) is 3.03. The summed E-state index contributed by atoms with van der Waals surface area (Å²) in [5.74, 6) is 0. The van der Waals surface area contributed by atoms with E-state index in [1.807, 2.05) is 0 Å². The topological polar surface area (TPSA) is 9.23 Å². The van der Waals surface area contributed by atoms with E-state index in [0.29, 0.717) is 0 Å². The molecule has 1 fully saturated rings. The van der Waals surface area contributed by atoms with Crippen molar-refractivity contribution in [2.24, 2.45) is 0 Å². The lowest BCUT2D eigenvalue weighted by molar-refractivity contribution is 0.198. The van der Waals surface area contributed by atoms with Crippen LogP contribution < -0.4 is 0 Å². The van der Waals surface area contributed by atoms with Crippen LogP contribution in [0.2, 0.25) is 0 Å². The zero-order chi connectivity index (χ0) is 8.36. The number of hydrogen-bond acceptors (Lipinski definition) is 1. The molecular formula is C10H22O. The highest BCUT2D eigenvalue weighted by Gasteiger charge is 1.94. The maximum absolute atomic E-state index is 4.94. The Labute approximate surface area is 71.1 Å². The Kier molecular flexibility index (Phi) is 9.92. The van der Waals surface area contributed by atoms with E-state index in [4.69, 9.17) is 4.74 Å². The quantitative estimate of drug-likeness (QED) is 0.572. The summed E-state index contributed by atoms with van der Waals surface area (Å²) in [7, 11) is 0. The molecule has 1 aliphatic heterocycles. The first-order valence-electron chi connectivity index (χ1n) is 4.99. The van der Waals surface area contributed by atoms with Crippen LogP contribution in [0.15, 0.2) is 0 Å². The molecule has 0 aliphatic carbocycles. The second-order valence-corrected chi connectivity index (χ2v) is 3.03. The first-order chi connectivity index (χ1) is 5.41. The molecule has 0 aromatic heterocycles. The van der Waals surface area contributed by atoms with Gasteiger partial charge in [0.2, 0.25) is 0 Å². The van der Waals surface area contributed by atoms with Crippen LogP contribution in [0.4, 0.5) is 0 Å². The SMILES string of the molecule is C1CCOC1.CCCCCC. The predicted molar refractivity (Wildman–Crippen MR) is 49.9 cm³/mol. The number of rotatable bonds is 3. The minimum Gasteiger partial charge on any atom is -0.381 e. The van der Waals surface area contributed by atoms with E-state index in [9.17, 15) is 0 Å². The number of unbranched alkanes of at least 4 members (excludes halogenated alkanes) is 3. The summed E-state index contributed by atoms with van der Waals surface area (Å²) < 4.78 is 4.94. The first-order valence-corrected chi connectivity index (χ1v) is 4.99. The van der Waals surface area contributed by atoms with Crippen LogP contribution in [-0.4, -0.2) is 13.2 Å². The third-order valence-corrected chi connectivity index (χ3v) is 1.78. The van der Waals surface area contributed by atoms with Crippen LogP contribution in [0.1, 0.15) is 52.4 Å². The average Bonchev–Trinajstić information content (AvgIpc) is 2.57. The van der Waals surface area contributed by atoms with Crippen molar-refractivity contribution in [2.45, 2.75) is 52.4 Å². The van der Waals surface area contributed by atoms with Crippen molar-refractivity contribution in [3.63, 3.8) is 0 Å².